The Kier molecular flexibility index (Phi) is 8.33. The highest BCUT2D eigenvalue weighted by molar-refractivity contribution is 8.02. The van der Waals surface area contributed by atoms with Crippen LogP contribution in [-0.4, -0.2) is 76.7 Å². The average Bonchev–Trinajstić information content (AvgIpc) is 3.56. The third kappa shape index (κ3) is 4.56. The van der Waals surface area contributed by atoms with E-state index in [1.807, 2.05) is 6.92 Å². The number of anilines is 1. The second-order valence-corrected chi connectivity index (χ2v) is 11.3. The number of likely N-dealkylation sites (tertiary alicyclic amines) is 1. The van der Waals surface area contributed by atoms with E-state index in [0.717, 1.165) is 6.42 Å². The number of fused-ring (bicyclic) bond motifs is 1. The average molecular weight is 529 g/mol. The van der Waals surface area contributed by atoms with Gasteiger partial charge in [0.1, 0.15) is 11.8 Å². The highest BCUT2D eigenvalue weighted by atomic mass is 32.2. The summed E-state index contributed by atoms with van der Waals surface area (Å²) in [5, 5.41) is 10.1. The maximum Gasteiger partial charge on any atom is 0.310 e. The molecule has 6 atom stereocenters. The van der Waals surface area contributed by atoms with Crippen molar-refractivity contribution >= 4 is 35.2 Å². The number of carbonyl (C=O) groups is 3. The van der Waals surface area contributed by atoms with Crippen molar-refractivity contribution in [2.45, 2.75) is 54.7 Å². The summed E-state index contributed by atoms with van der Waals surface area (Å²) in [6, 6.07) is 5.83. The van der Waals surface area contributed by atoms with E-state index >= 15 is 0 Å². The Hall–Kier alpha value is -2.78. The number of esters is 1. The van der Waals surface area contributed by atoms with Gasteiger partial charge in [0.2, 0.25) is 5.91 Å². The van der Waals surface area contributed by atoms with E-state index in [2.05, 4.69) is 13.2 Å². The third-order valence-corrected chi connectivity index (χ3v) is 9.80. The number of ether oxygens (including phenoxy) is 2. The molecule has 2 unspecified atom stereocenters. The molecule has 200 valence electrons. The van der Waals surface area contributed by atoms with Crippen LogP contribution in [0.3, 0.4) is 0 Å². The van der Waals surface area contributed by atoms with Crippen LogP contribution in [0.25, 0.3) is 0 Å². The minimum absolute atomic E-state index is 0.0781. The molecule has 9 heteroatoms. The first kappa shape index (κ1) is 27.3. The molecule has 0 saturated carbocycles. The SMILES string of the molecule is C=CCCOC(=O)[C@@H]1[C@H]2C(=O)N([C@@H](CC)CO)C(C(=O)N(CC=C)c3ccc(OC)cc3)C23CC[C@H]1S3. The second kappa shape index (κ2) is 11.3. The molecule has 2 amide bonds. The highest BCUT2D eigenvalue weighted by Gasteiger charge is 2.74. The Bertz CT molecular complexity index is 1040. The molecular weight excluding hydrogens is 492 g/mol. The number of rotatable bonds is 12. The normalized spacial score (nSPS) is 28.5. The summed E-state index contributed by atoms with van der Waals surface area (Å²) in [6.45, 7) is 9.60. The minimum Gasteiger partial charge on any atom is -0.497 e. The Morgan fingerprint density at radius 3 is 2.62 bits per heavy atom. The van der Waals surface area contributed by atoms with E-state index in [1.54, 1.807) is 65.1 Å². The fourth-order valence-corrected chi connectivity index (χ4v) is 8.33. The fraction of sp³-hybridized carbons (Fsp3) is 0.536. The number of hydrogen-bond donors (Lipinski definition) is 1. The first-order chi connectivity index (χ1) is 17.9. The number of nitrogens with zero attached hydrogens (tertiary/aromatic N) is 2. The van der Waals surface area contributed by atoms with E-state index in [-0.39, 0.29) is 42.8 Å². The fourth-order valence-electron chi connectivity index (χ4n) is 6.15. The zero-order valence-electron chi connectivity index (χ0n) is 21.5. The smallest absolute Gasteiger partial charge is 0.310 e. The van der Waals surface area contributed by atoms with Gasteiger partial charge in [-0.25, -0.2) is 0 Å². The molecule has 1 aromatic rings. The molecule has 3 aliphatic heterocycles. The van der Waals surface area contributed by atoms with Gasteiger partial charge in [-0.15, -0.1) is 24.9 Å². The molecule has 3 heterocycles. The maximum atomic E-state index is 14.4. The van der Waals surface area contributed by atoms with Gasteiger partial charge in [-0.1, -0.05) is 19.1 Å². The van der Waals surface area contributed by atoms with Gasteiger partial charge in [-0.2, -0.15) is 0 Å². The molecule has 2 bridgehead atoms. The number of thioether (sulfide) groups is 1. The van der Waals surface area contributed by atoms with E-state index < -0.39 is 28.7 Å². The second-order valence-electron chi connectivity index (χ2n) is 9.73. The summed E-state index contributed by atoms with van der Waals surface area (Å²) in [5.74, 6) is -1.47. The van der Waals surface area contributed by atoms with Crippen molar-refractivity contribution in [3.8, 4) is 5.75 Å². The molecule has 37 heavy (non-hydrogen) atoms. The molecule has 3 fully saturated rings. The number of benzene rings is 1. The van der Waals surface area contributed by atoms with Crippen LogP contribution in [0.1, 0.15) is 32.6 Å². The molecule has 3 saturated heterocycles. The minimum atomic E-state index is -0.815. The van der Waals surface area contributed by atoms with Gasteiger partial charge in [-0.05, 0) is 49.9 Å². The molecule has 1 N–H and O–H groups in total. The molecule has 8 nitrogen and oxygen atoms in total. The van der Waals surface area contributed by atoms with E-state index in [4.69, 9.17) is 9.47 Å². The van der Waals surface area contributed by atoms with Crippen molar-refractivity contribution in [2.24, 2.45) is 11.8 Å². The lowest BCUT2D eigenvalue weighted by molar-refractivity contribution is -0.154. The van der Waals surface area contributed by atoms with Crippen molar-refractivity contribution in [1.29, 1.82) is 0 Å². The molecule has 4 rings (SSSR count). The number of amides is 2. The molecule has 0 radical (unpaired) electrons. The van der Waals surface area contributed by atoms with E-state index in [0.29, 0.717) is 30.7 Å². The van der Waals surface area contributed by atoms with Crippen molar-refractivity contribution in [3.63, 3.8) is 0 Å². The van der Waals surface area contributed by atoms with Crippen LogP contribution >= 0.6 is 11.8 Å². The Morgan fingerprint density at radius 2 is 2.03 bits per heavy atom. The highest BCUT2D eigenvalue weighted by Crippen LogP contribution is 2.67. The Balaban J connectivity index is 1.75. The van der Waals surface area contributed by atoms with Gasteiger partial charge in [0.05, 0.1) is 42.9 Å². The zero-order chi connectivity index (χ0) is 26.7. The van der Waals surface area contributed by atoms with Crippen LogP contribution in [0.4, 0.5) is 5.69 Å². The molecule has 0 aromatic heterocycles. The van der Waals surface area contributed by atoms with Crippen LogP contribution in [0.2, 0.25) is 0 Å². The topological polar surface area (TPSA) is 96.4 Å². The van der Waals surface area contributed by atoms with Crippen molar-refractivity contribution < 1.29 is 29.0 Å². The number of aliphatic hydroxyl groups is 1. The first-order valence-corrected chi connectivity index (χ1v) is 13.7. The van der Waals surface area contributed by atoms with Gasteiger partial charge in [0.25, 0.3) is 5.91 Å². The van der Waals surface area contributed by atoms with Crippen LogP contribution in [0.15, 0.2) is 49.6 Å². The quantitative estimate of drug-likeness (QED) is 0.253. The monoisotopic (exact) mass is 528 g/mol. The molecule has 0 aliphatic carbocycles. The number of aliphatic hydroxyl groups excluding tert-OH is 1. The largest absolute Gasteiger partial charge is 0.497 e. The van der Waals surface area contributed by atoms with E-state index in [1.165, 1.54) is 0 Å². The van der Waals surface area contributed by atoms with Crippen LogP contribution in [0, 0.1) is 11.8 Å². The lowest BCUT2D eigenvalue weighted by Crippen LogP contribution is -2.57. The van der Waals surface area contributed by atoms with Crippen molar-refractivity contribution in [2.75, 3.05) is 31.8 Å². The summed E-state index contributed by atoms with van der Waals surface area (Å²) in [5.41, 5.74) is 0.660. The van der Waals surface area contributed by atoms with Gasteiger partial charge in [0.15, 0.2) is 0 Å². The number of methoxy groups -OCH3 is 1. The van der Waals surface area contributed by atoms with Crippen molar-refractivity contribution in [1.82, 2.24) is 4.90 Å². The summed E-state index contributed by atoms with van der Waals surface area (Å²) < 4.78 is 10.0. The Morgan fingerprint density at radius 1 is 1.30 bits per heavy atom. The predicted molar refractivity (Wildman–Crippen MR) is 143 cm³/mol. The zero-order valence-corrected chi connectivity index (χ0v) is 22.3. The van der Waals surface area contributed by atoms with Gasteiger partial charge >= 0.3 is 5.97 Å². The molecule has 3 aliphatic rings. The van der Waals surface area contributed by atoms with Gasteiger partial charge in [-0.3, -0.25) is 14.4 Å². The molecule has 1 aromatic carbocycles. The first-order valence-electron chi connectivity index (χ1n) is 12.8. The third-order valence-electron chi connectivity index (χ3n) is 7.85. The number of hydrogen-bond acceptors (Lipinski definition) is 7. The summed E-state index contributed by atoms with van der Waals surface area (Å²) >= 11 is 1.59. The van der Waals surface area contributed by atoms with Crippen LogP contribution < -0.4 is 9.64 Å². The van der Waals surface area contributed by atoms with Gasteiger partial charge in [0, 0.05) is 17.5 Å². The standard InChI is InChI=1S/C28H36N2O6S/c1-5-8-16-36-27(34)22-21-13-14-28(37-21)23(22)25(32)30(18(7-3)17-31)24(28)26(33)29(15-6-2)19-9-11-20(35-4)12-10-19/h5-6,9-12,18,21-24,31H,1-2,7-8,13-17H2,3-4H3/t18-,21+,22-,23-,24?,28?/m0/s1. The lowest BCUT2D eigenvalue weighted by atomic mass is 9.71. The van der Waals surface area contributed by atoms with Crippen molar-refractivity contribution in [3.05, 3.63) is 49.6 Å². The number of carbonyl (C=O) groups excluding carboxylic acids is 3. The van der Waals surface area contributed by atoms with Crippen LogP contribution in [0.5, 0.6) is 5.75 Å². The summed E-state index contributed by atoms with van der Waals surface area (Å²) in [7, 11) is 1.58. The lowest BCUT2D eigenvalue weighted by Gasteiger charge is -2.39. The Labute approximate surface area is 222 Å². The summed E-state index contributed by atoms with van der Waals surface area (Å²) in [6.07, 6.45) is 5.74. The molecule has 1 spiro atoms. The predicted octanol–water partition coefficient (Wildman–Crippen LogP) is 3.20. The van der Waals surface area contributed by atoms with E-state index in [9.17, 15) is 19.5 Å². The van der Waals surface area contributed by atoms with Gasteiger partial charge < -0.3 is 24.4 Å². The van der Waals surface area contributed by atoms with Crippen LogP contribution in [-0.2, 0) is 19.1 Å². The maximum absolute atomic E-state index is 14.4. The summed E-state index contributed by atoms with van der Waals surface area (Å²) in [4.78, 5) is 44.9. The molecular formula is C28H36N2O6S.